The van der Waals surface area contributed by atoms with Gasteiger partial charge in [-0.15, -0.1) is 0 Å². The van der Waals surface area contributed by atoms with Crippen LogP contribution in [0.5, 0.6) is 5.75 Å². The van der Waals surface area contributed by atoms with Crippen LogP contribution in [-0.4, -0.2) is 51.1 Å². The molecule has 1 aliphatic heterocycles. The number of hydrogen-bond acceptors (Lipinski definition) is 4. The molecule has 1 unspecified atom stereocenters. The van der Waals surface area contributed by atoms with Crippen LogP contribution in [0, 0.1) is 5.82 Å². The number of carbonyl (C=O) groups is 2. The average Bonchev–Trinajstić information content (AvgIpc) is 2.38. The fourth-order valence-electron chi connectivity index (χ4n) is 2.16. The number of nitrogens with zero attached hydrogens (tertiary/aromatic N) is 1. The topological polar surface area (TPSA) is 77.8 Å². The van der Waals surface area contributed by atoms with E-state index in [1.807, 2.05) is 0 Å². The number of amides is 1. The zero-order valence-electron chi connectivity index (χ0n) is 10.6. The van der Waals surface area contributed by atoms with E-state index in [1.165, 1.54) is 17.0 Å². The summed E-state index contributed by atoms with van der Waals surface area (Å²) in [7, 11) is 0. The first-order valence-electron chi connectivity index (χ1n) is 6.08. The average molecular weight is 299 g/mol. The summed E-state index contributed by atoms with van der Waals surface area (Å²) in [4.78, 5) is 24.5. The SMILES string of the molecule is O=C(O)CC1CSCCN1C(=O)c1c(O)cccc1F. The van der Waals surface area contributed by atoms with Gasteiger partial charge >= 0.3 is 5.97 Å². The van der Waals surface area contributed by atoms with E-state index in [0.29, 0.717) is 18.1 Å². The Kier molecular flexibility index (Phi) is 4.49. The molecule has 1 aliphatic rings. The summed E-state index contributed by atoms with van der Waals surface area (Å²) >= 11 is 1.56. The number of halogens is 1. The van der Waals surface area contributed by atoms with E-state index >= 15 is 0 Å². The van der Waals surface area contributed by atoms with Gasteiger partial charge in [0.25, 0.3) is 5.91 Å². The standard InChI is InChI=1S/C13H14FNO4S/c14-9-2-1-3-10(16)12(9)13(19)15-4-5-20-7-8(15)6-11(17)18/h1-3,8,16H,4-7H2,(H,17,18). The maximum atomic E-state index is 13.7. The molecule has 1 aromatic carbocycles. The van der Waals surface area contributed by atoms with Gasteiger partial charge < -0.3 is 15.1 Å². The number of phenolic OH excluding ortho intramolecular Hbond substituents is 1. The smallest absolute Gasteiger partial charge is 0.305 e. The van der Waals surface area contributed by atoms with Crippen molar-refractivity contribution in [2.24, 2.45) is 0 Å². The number of rotatable bonds is 3. The molecular formula is C13H14FNO4S. The largest absolute Gasteiger partial charge is 0.507 e. The Balaban J connectivity index is 2.28. The van der Waals surface area contributed by atoms with Gasteiger partial charge in [-0.05, 0) is 12.1 Å². The van der Waals surface area contributed by atoms with Crippen molar-refractivity contribution in [1.82, 2.24) is 4.90 Å². The molecule has 1 atom stereocenters. The number of thioether (sulfide) groups is 1. The Morgan fingerprint density at radius 3 is 2.85 bits per heavy atom. The first kappa shape index (κ1) is 14.6. The lowest BCUT2D eigenvalue weighted by atomic mass is 10.1. The van der Waals surface area contributed by atoms with Gasteiger partial charge in [0.1, 0.15) is 17.1 Å². The molecule has 0 aliphatic carbocycles. The fourth-order valence-corrected chi connectivity index (χ4v) is 3.22. The molecule has 0 spiro atoms. The van der Waals surface area contributed by atoms with Crippen LogP contribution < -0.4 is 0 Å². The summed E-state index contributed by atoms with van der Waals surface area (Å²) in [6, 6.07) is 3.15. The third kappa shape index (κ3) is 3.04. The van der Waals surface area contributed by atoms with Crippen molar-refractivity contribution in [3.63, 3.8) is 0 Å². The molecule has 5 nitrogen and oxygen atoms in total. The molecule has 1 aromatic rings. The molecular weight excluding hydrogens is 285 g/mol. The van der Waals surface area contributed by atoms with Gasteiger partial charge in [0.05, 0.1) is 12.5 Å². The van der Waals surface area contributed by atoms with Crippen LogP contribution in [0.2, 0.25) is 0 Å². The minimum atomic E-state index is -1.01. The lowest BCUT2D eigenvalue weighted by Gasteiger charge is -2.34. The van der Waals surface area contributed by atoms with Crippen LogP contribution in [-0.2, 0) is 4.79 Å². The fraction of sp³-hybridized carbons (Fsp3) is 0.385. The van der Waals surface area contributed by atoms with E-state index in [9.17, 15) is 19.1 Å². The second-order valence-corrected chi connectivity index (χ2v) is 5.61. The molecule has 0 saturated carbocycles. The van der Waals surface area contributed by atoms with Crippen LogP contribution in [0.25, 0.3) is 0 Å². The van der Waals surface area contributed by atoms with E-state index < -0.39 is 35.0 Å². The van der Waals surface area contributed by atoms with E-state index in [1.54, 1.807) is 11.8 Å². The Morgan fingerprint density at radius 2 is 2.20 bits per heavy atom. The highest BCUT2D eigenvalue weighted by molar-refractivity contribution is 7.99. The summed E-state index contributed by atoms with van der Waals surface area (Å²) in [5.74, 6) is -1.74. The number of carboxylic acids is 1. The first-order valence-corrected chi connectivity index (χ1v) is 7.24. The van der Waals surface area contributed by atoms with Crippen molar-refractivity contribution in [3.05, 3.63) is 29.6 Å². The maximum Gasteiger partial charge on any atom is 0.305 e. The zero-order chi connectivity index (χ0) is 14.7. The number of benzene rings is 1. The van der Waals surface area contributed by atoms with E-state index in [4.69, 9.17) is 5.11 Å². The Hall–Kier alpha value is -1.76. The normalized spacial score (nSPS) is 18.9. The summed E-state index contributed by atoms with van der Waals surface area (Å²) in [6.07, 6.45) is -0.187. The molecule has 2 rings (SSSR count). The van der Waals surface area contributed by atoms with Crippen molar-refractivity contribution in [3.8, 4) is 5.75 Å². The quantitative estimate of drug-likeness (QED) is 0.885. The number of carbonyl (C=O) groups excluding carboxylic acids is 1. The highest BCUT2D eigenvalue weighted by atomic mass is 32.2. The maximum absolute atomic E-state index is 13.7. The summed E-state index contributed by atoms with van der Waals surface area (Å²) in [5.41, 5.74) is -0.394. The third-order valence-corrected chi connectivity index (χ3v) is 4.20. The molecule has 108 valence electrons. The molecule has 0 radical (unpaired) electrons. The van der Waals surface area contributed by atoms with Crippen molar-refractivity contribution >= 4 is 23.6 Å². The summed E-state index contributed by atoms with van der Waals surface area (Å²) in [6.45, 7) is 0.342. The number of phenols is 1. The van der Waals surface area contributed by atoms with Gasteiger partial charge in [-0.25, -0.2) is 4.39 Å². The molecule has 2 N–H and O–H groups in total. The molecule has 1 fully saturated rings. The molecule has 1 amide bonds. The van der Waals surface area contributed by atoms with Crippen LogP contribution >= 0.6 is 11.8 Å². The Morgan fingerprint density at radius 1 is 1.45 bits per heavy atom. The minimum Gasteiger partial charge on any atom is -0.507 e. The van der Waals surface area contributed by atoms with Gasteiger partial charge in [0.15, 0.2) is 0 Å². The van der Waals surface area contributed by atoms with Gasteiger partial charge in [0.2, 0.25) is 0 Å². The highest BCUT2D eigenvalue weighted by Crippen LogP contribution is 2.26. The number of aliphatic carboxylic acids is 1. The second-order valence-electron chi connectivity index (χ2n) is 4.46. The lowest BCUT2D eigenvalue weighted by Crippen LogP contribution is -2.47. The van der Waals surface area contributed by atoms with E-state index in [-0.39, 0.29) is 6.42 Å². The van der Waals surface area contributed by atoms with Crippen LogP contribution in [0.4, 0.5) is 4.39 Å². The third-order valence-electron chi connectivity index (χ3n) is 3.10. The zero-order valence-corrected chi connectivity index (χ0v) is 11.4. The first-order chi connectivity index (χ1) is 9.50. The van der Waals surface area contributed by atoms with E-state index in [0.717, 1.165) is 6.07 Å². The Bertz CT molecular complexity index is 517. The van der Waals surface area contributed by atoms with Crippen LogP contribution in [0.1, 0.15) is 16.8 Å². The number of aromatic hydroxyl groups is 1. The predicted octanol–water partition coefficient (Wildman–Crippen LogP) is 1.56. The molecule has 20 heavy (non-hydrogen) atoms. The Labute approximate surface area is 119 Å². The lowest BCUT2D eigenvalue weighted by molar-refractivity contribution is -0.138. The van der Waals surface area contributed by atoms with Gasteiger partial charge in [-0.3, -0.25) is 9.59 Å². The molecule has 1 saturated heterocycles. The van der Waals surface area contributed by atoms with Crippen LogP contribution in [0.3, 0.4) is 0 Å². The van der Waals surface area contributed by atoms with Crippen molar-refractivity contribution < 1.29 is 24.2 Å². The van der Waals surface area contributed by atoms with Crippen molar-refractivity contribution in [2.75, 3.05) is 18.1 Å². The molecule has 0 aromatic heterocycles. The van der Waals surface area contributed by atoms with Gasteiger partial charge in [-0.1, -0.05) is 6.07 Å². The van der Waals surface area contributed by atoms with Crippen LogP contribution in [0.15, 0.2) is 18.2 Å². The predicted molar refractivity (Wildman–Crippen MR) is 72.5 cm³/mol. The molecule has 0 bridgehead atoms. The monoisotopic (exact) mass is 299 g/mol. The second kappa shape index (κ2) is 6.13. The van der Waals surface area contributed by atoms with E-state index in [2.05, 4.69) is 0 Å². The molecule has 1 heterocycles. The minimum absolute atomic E-state index is 0.187. The van der Waals surface area contributed by atoms with Gasteiger partial charge in [-0.2, -0.15) is 11.8 Å². The highest BCUT2D eigenvalue weighted by Gasteiger charge is 2.32. The summed E-state index contributed by atoms with van der Waals surface area (Å²) < 4.78 is 13.7. The van der Waals surface area contributed by atoms with Crippen molar-refractivity contribution in [1.29, 1.82) is 0 Å². The summed E-state index contributed by atoms with van der Waals surface area (Å²) in [5, 5.41) is 18.5. The number of carboxylic acid groups (broad SMARTS) is 1. The molecule has 7 heteroatoms. The number of hydrogen-bond donors (Lipinski definition) is 2. The van der Waals surface area contributed by atoms with Gasteiger partial charge in [0, 0.05) is 18.1 Å². The van der Waals surface area contributed by atoms with Crippen molar-refractivity contribution in [2.45, 2.75) is 12.5 Å².